The van der Waals surface area contributed by atoms with Gasteiger partial charge >= 0.3 is 0 Å². The summed E-state index contributed by atoms with van der Waals surface area (Å²) in [6.45, 7) is 5.58. The molecule has 182 valence electrons. The summed E-state index contributed by atoms with van der Waals surface area (Å²) in [5, 5.41) is 6.81. The second-order valence-electron chi connectivity index (χ2n) is 7.95. The van der Waals surface area contributed by atoms with Crippen LogP contribution in [0.1, 0.15) is 10.6 Å². The van der Waals surface area contributed by atoms with Gasteiger partial charge in [-0.05, 0) is 24.3 Å². The maximum absolute atomic E-state index is 6.27. The van der Waals surface area contributed by atoms with Crippen LogP contribution in [0.4, 0.5) is 5.13 Å². The highest BCUT2D eigenvalue weighted by molar-refractivity contribution is 7.18. The number of anilines is 1. The van der Waals surface area contributed by atoms with Gasteiger partial charge in [-0.3, -0.25) is 0 Å². The van der Waals surface area contributed by atoms with Gasteiger partial charge < -0.3 is 28.3 Å². The number of ether oxygens (including phenoxy) is 4. The van der Waals surface area contributed by atoms with Gasteiger partial charge in [-0.1, -0.05) is 0 Å². The molecule has 1 fully saturated rings. The molecule has 12 heteroatoms. The van der Waals surface area contributed by atoms with E-state index in [1.165, 1.54) is 11.3 Å². The maximum Gasteiger partial charge on any atom is 0.294 e. The molecule has 6 rings (SSSR count). The van der Waals surface area contributed by atoms with Crippen molar-refractivity contribution < 1.29 is 23.4 Å². The zero-order valence-electron chi connectivity index (χ0n) is 19.4. The van der Waals surface area contributed by atoms with Crippen molar-refractivity contribution in [1.82, 2.24) is 19.6 Å². The summed E-state index contributed by atoms with van der Waals surface area (Å²) in [5.41, 5.74) is 2.30. The number of imidazole rings is 1. The van der Waals surface area contributed by atoms with Crippen LogP contribution in [-0.4, -0.2) is 60.1 Å². The van der Waals surface area contributed by atoms with Crippen molar-refractivity contribution in [2.45, 2.75) is 13.5 Å². The number of benzene rings is 1. The molecule has 35 heavy (non-hydrogen) atoms. The number of methoxy groups -OCH3 is 2. The number of morpholine rings is 1. The molecular formula is C23H23N5O5S2. The number of thiazole rings is 1. The van der Waals surface area contributed by atoms with E-state index >= 15 is 0 Å². The molecule has 0 radical (unpaired) electrons. The van der Waals surface area contributed by atoms with Crippen LogP contribution in [0.15, 0.2) is 28.8 Å². The Kier molecular flexibility index (Phi) is 5.71. The highest BCUT2D eigenvalue weighted by Gasteiger charge is 2.20. The summed E-state index contributed by atoms with van der Waals surface area (Å²) in [6, 6.07) is 5.65. The second kappa shape index (κ2) is 9.02. The van der Waals surface area contributed by atoms with E-state index < -0.39 is 0 Å². The molecule has 5 heterocycles. The Hall–Kier alpha value is -3.35. The van der Waals surface area contributed by atoms with Gasteiger partial charge in [-0.25, -0.2) is 9.97 Å². The fraction of sp³-hybridized carbons (Fsp3) is 0.348. The average molecular weight is 514 g/mol. The van der Waals surface area contributed by atoms with Crippen LogP contribution in [-0.2, 0) is 11.3 Å². The van der Waals surface area contributed by atoms with Crippen LogP contribution < -0.4 is 19.1 Å². The van der Waals surface area contributed by atoms with E-state index in [0.29, 0.717) is 34.6 Å². The van der Waals surface area contributed by atoms with E-state index in [2.05, 4.69) is 21.9 Å². The van der Waals surface area contributed by atoms with E-state index in [1.807, 2.05) is 18.2 Å². The van der Waals surface area contributed by atoms with Crippen LogP contribution in [0.3, 0.4) is 0 Å². The van der Waals surface area contributed by atoms with E-state index in [-0.39, 0.29) is 0 Å². The summed E-state index contributed by atoms with van der Waals surface area (Å²) in [6.07, 6.45) is 1.74. The number of fused-ring (bicyclic) bond motifs is 2. The summed E-state index contributed by atoms with van der Waals surface area (Å²) >= 11 is 3.05. The average Bonchev–Trinajstić information content (AvgIpc) is 3.65. The zero-order valence-corrected chi connectivity index (χ0v) is 21.1. The fourth-order valence-corrected chi connectivity index (χ4v) is 5.61. The van der Waals surface area contributed by atoms with Crippen molar-refractivity contribution in [2.24, 2.45) is 0 Å². The molecule has 0 N–H and O–H groups in total. The lowest BCUT2D eigenvalue weighted by molar-refractivity contribution is 0.122. The van der Waals surface area contributed by atoms with E-state index in [9.17, 15) is 0 Å². The molecule has 5 aromatic rings. The molecule has 1 aromatic carbocycles. The predicted octanol–water partition coefficient (Wildman–Crippen LogP) is 4.40. The topological polar surface area (TPSA) is 96.4 Å². The number of rotatable bonds is 7. The lowest BCUT2D eigenvalue weighted by Crippen LogP contribution is -2.36. The molecule has 1 aliphatic heterocycles. The third kappa shape index (κ3) is 4.07. The minimum absolute atomic E-state index is 0.343. The molecule has 0 unspecified atom stereocenters. The Morgan fingerprint density at radius 1 is 1.09 bits per heavy atom. The molecule has 0 atom stereocenters. The first-order chi connectivity index (χ1) is 17.1. The van der Waals surface area contributed by atoms with Crippen molar-refractivity contribution in [2.75, 3.05) is 45.4 Å². The third-order valence-corrected chi connectivity index (χ3v) is 7.79. The molecule has 4 aromatic heterocycles. The minimum atomic E-state index is 0.343. The first-order valence-corrected chi connectivity index (χ1v) is 12.7. The smallest absolute Gasteiger partial charge is 0.294 e. The van der Waals surface area contributed by atoms with Crippen LogP contribution in [0, 0.1) is 6.92 Å². The van der Waals surface area contributed by atoms with Gasteiger partial charge in [0.2, 0.25) is 4.96 Å². The first-order valence-electron chi connectivity index (χ1n) is 11.0. The van der Waals surface area contributed by atoms with Gasteiger partial charge in [0.1, 0.15) is 29.4 Å². The number of hydrogen-bond donors (Lipinski definition) is 0. The summed E-state index contributed by atoms with van der Waals surface area (Å²) in [4.78, 5) is 13.4. The van der Waals surface area contributed by atoms with Gasteiger partial charge in [0.05, 0.1) is 44.7 Å². The number of nitrogens with zero attached hydrogens (tertiary/aromatic N) is 5. The standard InChI is InChI=1S/C23H23N5O5S2/c1-13-16(25-22(34-13)27-4-6-31-7-5-27)12-32-18-8-14(29-2)9-19-15(18)10-20(33-19)17-11-24-21-28(17)26-23(30-3)35-21/h8-11H,4-7,12H2,1-3H3. The zero-order chi connectivity index (χ0) is 23.9. The van der Waals surface area contributed by atoms with E-state index in [0.717, 1.165) is 58.0 Å². The molecule has 1 aliphatic rings. The molecule has 10 nitrogen and oxygen atoms in total. The Bertz CT molecular complexity index is 1500. The largest absolute Gasteiger partial charge is 0.496 e. The molecular weight excluding hydrogens is 490 g/mol. The lowest BCUT2D eigenvalue weighted by atomic mass is 10.2. The van der Waals surface area contributed by atoms with E-state index in [4.69, 9.17) is 28.3 Å². The highest BCUT2D eigenvalue weighted by Crippen LogP contribution is 2.38. The van der Waals surface area contributed by atoms with Gasteiger partial charge in [0.15, 0.2) is 10.9 Å². The van der Waals surface area contributed by atoms with Crippen LogP contribution in [0.2, 0.25) is 0 Å². The number of aryl methyl sites for hydroxylation is 1. The minimum Gasteiger partial charge on any atom is -0.496 e. The molecule has 0 saturated carbocycles. The SMILES string of the molecule is COc1cc(OCc2nc(N3CCOCC3)sc2C)c2cc(-c3cnc4sc(OC)nn34)oc2c1. The molecule has 0 spiro atoms. The molecule has 1 saturated heterocycles. The van der Waals surface area contributed by atoms with E-state index in [1.54, 1.807) is 36.3 Å². The summed E-state index contributed by atoms with van der Waals surface area (Å²) in [5.74, 6) is 1.93. The number of hydrogen-bond acceptors (Lipinski definition) is 11. The number of furan rings is 1. The third-order valence-electron chi connectivity index (χ3n) is 5.83. The van der Waals surface area contributed by atoms with Gasteiger partial charge in [0, 0.05) is 30.1 Å². The molecule has 0 bridgehead atoms. The van der Waals surface area contributed by atoms with Crippen molar-refractivity contribution in [3.05, 3.63) is 35.0 Å². The Morgan fingerprint density at radius 3 is 2.74 bits per heavy atom. The predicted molar refractivity (Wildman–Crippen MR) is 133 cm³/mol. The fourth-order valence-electron chi connectivity index (χ4n) is 3.95. The van der Waals surface area contributed by atoms with Crippen LogP contribution >= 0.6 is 22.7 Å². The van der Waals surface area contributed by atoms with Crippen LogP contribution in [0.25, 0.3) is 27.4 Å². The maximum atomic E-state index is 6.27. The van der Waals surface area contributed by atoms with Gasteiger partial charge in [0.25, 0.3) is 5.19 Å². The first kappa shape index (κ1) is 22.1. The van der Waals surface area contributed by atoms with Crippen LogP contribution in [0.5, 0.6) is 16.7 Å². The Morgan fingerprint density at radius 2 is 1.94 bits per heavy atom. The summed E-state index contributed by atoms with van der Waals surface area (Å²) < 4.78 is 30.4. The monoisotopic (exact) mass is 513 g/mol. The Labute approximate surface area is 208 Å². The second-order valence-corrected chi connectivity index (χ2v) is 10.0. The summed E-state index contributed by atoms with van der Waals surface area (Å²) in [7, 11) is 3.21. The normalized spacial score (nSPS) is 14.2. The molecule has 0 amide bonds. The van der Waals surface area contributed by atoms with Crippen molar-refractivity contribution >= 4 is 43.7 Å². The van der Waals surface area contributed by atoms with Crippen molar-refractivity contribution in [1.29, 1.82) is 0 Å². The van der Waals surface area contributed by atoms with Gasteiger partial charge in [-0.2, -0.15) is 4.52 Å². The quantitative estimate of drug-likeness (QED) is 0.314. The van der Waals surface area contributed by atoms with Crippen molar-refractivity contribution in [3.63, 3.8) is 0 Å². The molecule has 0 aliphatic carbocycles. The van der Waals surface area contributed by atoms with Gasteiger partial charge in [-0.15, -0.1) is 16.4 Å². The highest BCUT2D eigenvalue weighted by atomic mass is 32.1. The number of aromatic nitrogens is 4. The lowest BCUT2D eigenvalue weighted by Gasteiger charge is -2.26. The Balaban J connectivity index is 1.31. The van der Waals surface area contributed by atoms with Crippen molar-refractivity contribution in [3.8, 4) is 28.1 Å².